The number of likely N-dealkylation sites (tertiary alicyclic amines) is 1. The van der Waals surface area contributed by atoms with Crippen LogP contribution in [-0.4, -0.2) is 101 Å². The van der Waals surface area contributed by atoms with E-state index in [9.17, 15) is 0 Å². The molecule has 0 aliphatic carbocycles. The van der Waals surface area contributed by atoms with Gasteiger partial charge in [-0.2, -0.15) is 0 Å². The first-order chi connectivity index (χ1) is 24.2. The molecule has 0 amide bonds. The number of halogens is 1. The third-order valence-corrected chi connectivity index (χ3v) is 11.3. The highest BCUT2D eigenvalue weighted by Crippen LogP contribution is 2.40. The summed E-state index contributed by atoms with van der Waals surface area (Å²) in [6, 6.07) is 14.5. The van der Waals surface area contributed by atoms with Gasteiger partial charge in [0, 0.05) is 86.9 Å². The van der Waals surface area contributed by atoms with Gasteiger partial charge in [-0.1, -0.05) is 18.2 Å². The van der Waals surface area contributed by atoms with Crippen LogP contribution in [-0.2, 0) is 4.74 Å². The lowest BCUT2D eigenvalue weighted by Crippen LogP contribution is -2.54. The highest BCUT2D eigenvalue weighted by atomic mass is 19.1. The van der Waals surface area contributed by atoms with Crippen molar-refractivity contribution in [1.82, 2.24) is 29.3 Å². The number of piperazine rings is 1. The Balaban J connectivity index is 1.30. The number of ether oxygens (including phenoxy) is 1. The maximum atomic E-state index is 15.9. The molecule has 4 aromatic rings. The zero-order valence-electron chi connectivity index (χ0n) is 30.2. The van der Waals surface area contributed by atoms with E-state index in [-0.39, 0.29) is 11.9 Å². The number of hydrogen-bond donors (Lipinski definition) is 2. The molecule has 3 fully saturated rings. The fourth-order valence-electron chi connectivity index (χ4n) is 8.59. The minimum atomic E-state index is -0.297. The number of allylic oxidation sites excluding steroid dienone is 1. The van der Waals surface area contributed by atoms with Crippen LogP contribution in [0.5, 0.6) is 0 Å². The number of anilines is 1. The Morgan fingerprint density at radius 1 is 1.00 bits per heavy atom. The fraction of sp³-hybridized carbons (Fsp3) is 0.538. The second kappa shape index (κ2) is 14.8. The van der Waals surface area contributed by atoms with E-state index in [1.54, 1.807) is 19.2 Å². The quantitative estimate of drug-likeness (QED) is 0.173. The molecule has 7 rings (SSSR count). The number of hydrazine groups is 1. The van der Waals surface area contributed by atoms with Gasteiger partial charge in [0.15, 0.2) is 0 Å². The van der Waals surface area contributed by atoms with Gasteiger partial charge in [-0.25, -0.2) is 15.2 Å². The number of piperidine rings is 1. The van der Waals surface area contributed by atoms with E-state index in [1.807, 2.05) is 25.3 Å². The number of rotatable bonds is 9. The molecule has 0 radical (unpaired) electrons. The van der Waals surface area contributed by atoms with Crippen LogP contribution in [0.25, 0.3) is 27.8 Å². The lowest BCUT2D eigenvalue weighted by Gasteiger charge is -2.43. The van der Waals surface area contributed by atoms with Crippen LogP contribution in [0.3, 0.4) is 0 Å². The Kier molecular flexibility index (Phi) is 10.3. The van der Waals surface area contributed by atoms with Crippen molar-refractivity contribution >= 4 is 33.6 Å². The zero-order valence-corrected chi connectivity index (χ0v) is 30.2. The van der Waals surface area contributed by atoms with Crippen molar-refractivity contribution in [3.05, 3.63) is 71.3 Å². The summed E-state index contributed by atoms with van der Waals surface area (Å²) in [5.41, 5.74) is 11.6. The van der Waals surface area contributed by atoms with E-state index in [0.717, 1.165) is 92.1 Å². The molecule has 1 aromatic carbocycles. The SMILES string of the molecule is C/C(N)=C(\c1cnc2c3ccc(N4CCN(C5CCN(C(C)C)CC5)CC4)nc3n(C(CC3CCOCC3)c3ccccc3F)c2c1)N(C)N. The van der Waals surface area contributed by atoms with Crippen molar-refractivity contribution in [1.29, 1.82) is 0 Å². The lowest BCUT2D eigenvalue weighted by molar-refractivity contribution is 0.0608. The Labute approximate surface area is 295 Å². The van der Waals surface area contributed by atoms with Gasteiger partial charge < -0.3 is 29.8 Å². The molecule has 0 bridgehead atoms. The molecule has 0 spiro atoms. The molecule has 50 heavy (non-hydrogen) atoms. The predicted octanol–water partition coefficient (Wildman–Crippen LogP) is 5.58. The maximum Gasteiger partial charge on any atom is 0.145 e. The van der Waals surface area contributed by atoms with Crippen molar-refractivity contribution < 1.29 is 9.13 Å². The van der Waals surface area contributed by atoms with Gasteiger partial charge in [0.1, 0.15) is 17.3 Å². The molecule has 6 heterocycles. The lowest BCUT2D eigenvalue weighted by atomic mass is 9.89. The van der Waals surface area contributed by atoms with Gasteiger partial charge in [-0.05, 0) is 96.1 Å². The Morgan fingerprint density at radius 2 is 1.72 bits per heavy atom. The largest absolute Gasteiger partial charge is 0.401 e. The number of pyridine rings is 2. The first kappa shape index (κ1) is 34.7. The summed E-state index contributed by atoms with van der Waals surface area (Å²) in [6.07, 6.45) is 6.97. The highest BCUT2D eigenvalue weighted by molar-refractivity contribution is 6.05. The topological polar surface area (TPSA) is 105 Å². The fourth-order valence-corrected chi connectivity index (χ4v) is 8.59. The van der Waals surface area contributed by atoms with Crippen LogP contribution < -0.4 is 16.5 Å². The van der Waals surface area contributed by atoms with Gasteiger partial charge in [0.05, 0.1) is 22.8 Å². The van der Waals surface area contributed by atoms with Crippen LogP contribution in [0.15, 0.2) is 54.4 Å². The van der Waals surface area contributed by atoms with Crippen LogP contribution in [0, 0.1) is 11.7 Å². The molecule has 4 N–H and O–H groups in total. The summed E-state index contributed by atoms with van der Waals surface area (Å²) in [6.45, 7) is 14.2. The van der Waals surface area contributed by atoms with E-state index in [1.165, 1.54) is 30.9 Å². The Hall–Kier alpha value is -3.77. The summed E-state index contributed by atoms with van der Waals surface area (Å²) in [5, 5.41) is 2.49. The number of benzene rings is 1. The number of nitrogens with zero attached hydrogens (tertiary/aromatic N) is 7. The Bertz CT molecular complexity index is 1810. The van der Waals surface area contributed by atoms with Crippen LogP contribution in [0.2, 0.25) is 0 Å². The van der Waals surface area contributed by atoms with Crippen molar-refractivity contribution in [2.75, 3.05) is 64.4 Å². The third kappa shape index (κ3) is 6.93. The van der Waals surface area contributed by atoms with Gasteiger partial charge in [0.25, 0.3) is 0 Å². The predicted molar refractivity (Wildman–Crippen MR) is 200 cm³/mol. The van der Waals surface area contributed by atoms with Gasteiger partial charge >= 0.3 is 0 Å². The van der Waals surface area contributed by atoms with E-state index >= 15 is 4.39 Å². The molecule has 1 atom stereocenters. The zero-order chi connectivity index (χ0) is 34.9. The van der Waals surface area contributed by atoms with Crippen molar-refractivity contribution in [2.24, 2.45) is 17.5 Å². The highest BCUT2D eigenvalue weighted by Gasteiger charge is 2.31. The molecule has 3 aromatic heterocycles. The number of aromatic nitrogens is 3. The van der Waals surface area contributed by atoms with Gasteiger partial charge in [0.2, 0.25) is 0 Å². The normalized spacial score (nSPS) is 20.2. The molecule has 268 valence electrons. The molecule has 10 nitrogen and oxygen atoms in total. The molecule has 0 saturated carbocycles. The molecular weight excluding hydrogens is 629 g/mol. The molecule has 1 unspecified atom stereocenters. The smallest absolute Gasteiger partial charge is 0.145 e. The standard InChI is InChI=1S/C39H54FN9O/c1-26(2)46-15-11-30(12-16-46)47-17-19-48(20-18-47)36-10-9-32-37-35(24-29(25-43-37)38(27(3)41)45(4)42)49(39(32)44-36)34(23-28-13-21-50-22-14-28)31-7-5-6-8-33(31)40/h5-10,24-26,28,30,34H,11-23,41-42H2,1-4H3/b38-27-. The second-order valence-electron chi connectivity index (χ2n) is 14.9. The van der Waals surface area contributed by atoms with E-state index in [2.05, 4.69) is 51.3 Å². The summed E-state index contributed by atoms with van der Waals surface area (Å²) in [7, 11) is 1.78. The summed E-state index contributed by atoms with van der Waals surface area (Å²) < 4.78 is 23.9. The minimum Gasteiger partial charge on any atom is -0.401 e. The Morgan fingerprint density at radius 3 is 2.38 bits per heavy atom. The molecular formula is C39H54FN9O. The average Bonchev–Trinajstić information content (AvgIpc) is 3.44. The average molecular weight is 684 g/mol. The first-order valence-corrected chi connectivity index (χ1v) is 18.5. The van der Waals surface area contributed by atoms with E-state index in [0.29, 0.717) is 35.0 Å². The minimum absolute atomic E-state index is 0.213. The van der Waals surface area contributed by atoms with Crippen molar-refractivity contribution in [3.63, 3.8) is 0 Å². The van der Waals surface area contributed by atoms with E-state index < -0.39 is 0 Å². The first-order valence-electron chi connectivity index (χ1n) is 18.5. The number of hydrogen-bond acceptors (Lipinski definition) is 9. The molecule has 3 saturated heterocycles. The molecule has 3 aliphatic heterocycles. The van der Waals surface area contributed by atoms with E-state index in [4.69, 9.17) is 26.3 Å². The second-order valence-corrected chi connectivity index (χ2v) is 14.9. The van der Waals surface area contributed by atoms with Crippen molar-refractivity contribution in [3.8, 4) is 0 Å². The number of nitrogens with two attached hydrogens (primary N) is 2. The number of fused-ring (bicyclic) bond motifs is 3. The summed E-state index contributed by atoms with van der Waals surface area (Å²) in [5.74, 6) is 7.40. The van der Waals surface area contributed by atoms with Crippen molar-refractivity contribution in [2.45, 2.75) is 71.0 Å². The maximum absolute atomic E-state index is 15.9. The summed E-state index contributed by atoms with van der Waals surface area (Å²) in [4.78, 5) is 18.1. The van der Waals surface area contributed by atoms with Crippen LogP contribution in [0.4, 0.5) is 10.2 Å². The third-order valence-electron chi connectivity index (χ3n) is 11.3. The van der Waals surface area contributed by atoms with Gasteiger partial charge in [-0.15, -0.1) is 0 Å². The van der Waals surface area contributed by atoms with Gasteiger partial charge in [-0.3, -0.25) is 9.88 Å². The van der Waals surface area contributed by atoms with Crippen LogP contribution in [0.1, 0.15) is 70.0 Å². The van der Waals surface area contributed by atoms with Crippen LogP contribution >= 0.6 is 0 Å². The monoisotopic (exact) mass is 683 g/mol. The molecule has 3 aliphatic rings. The molecule has 11 heteroatoms. The summed E-state index contributed by atoms with van der Waals surface area (Å²) >= 11 is 0.